The van der Waals surface area contributed by atoms with Crippen molar-refractivity contribution in [2.24, 2.45) is 7.05 Å². The van der Waals surface area contributed by atoms with Crippen LogP contribution in [0.4, 0.5) is 0 Å². The van der Waals surface area contributed by atoms with Gasteiger partial charge in [-0.3, -0.25) is 4.68 Å². The second kappa shape index (κ2) is 4.89. The van der Waals surface area contributed by atoms with Crippen LogP contribution in [0.15, 0.2) is 16.9 Å². The van der Waals surface area contributed by atoms with Gasteiger partial charge in [-0.1, -0.05) is 5.16 Å². The fourth-order valence-electron chi connectivity index (χ4n) is 1.55. The molecule has 0 aliphatic carbocycles. The van der Waals surface area contributed by atoms with Gasteiger partial charge < -0.3 is 9.84 Å². The van der Waals surface area contributed by atoms with Crippen molar-refractivity contribution in [3.05, 3.63) is 29.7 Å². The zero-order valence-electron chi connectivity index (χ0n) is 9.47. The van der Waals surface area contributed by atoms with Gasteiger partial charge in [0, 0.05) is 26.6 Å². The van der Waals surface area contributed by atoms with Crippen LogP contribution in [-0.4, -0.2) is 26.5 Å². The lowest BCUT2D eigenvalue weighted by Gasteiger charge is -2.02. The highest BCUT2D eigenvalue weighted by Crippen LogP contribution is 2.00. The van der Waals surface area contributed by atoms with Crippen LogP contribution in [0, 0.1) is 6.92 Å². The van der Waals surface area contributed by atoms with Crippen molar-refractivity contribution in [3.8, 4) is 0 Å². The fraction of sp³-hybridized carbons (Fsp3) is 0.500. The van der Waals surface area contributed by atoms with E-state index in [2.05, 4.69) is 26.6 Å². The van der Waals surface area contributed by atoms with E-state index in [-0.39, 0.29) is 0 Å². The molecule has 0 unspecified atom stereocenters. The second-order valence-electron chi connectivity index (χ2n) is 3.66. The Kier molecular flexibility index (Phi) is 3.31. The Morgan fingerprint density at radius 3 is 3.00 bits per heavy atom. The molecule has 0 amide bonds. The van der Waals surface area contributed by atoms with Crippen LogP contribution in [0.2, 0.25) is 0 Å². The van der Waals surface area contributed by atoms with Gasteiger partial charge in [-0.2, -0.15) is 10.1 Å². The highest BCUT2D eigenvalue weighted by molar-refractivity contribution is 5.08. The standard InChI is InChI=1S/C10H15N5O/c1-8-5-9(15(2)14-8)6-11-4-3-10-12-7-13-16-10/h5,7,11H,3-4,6H2,1-2H3. The highest BCUT2D eigenvalue weighted by atomic mass is 16.5. The van der Waals surface area contributed by atoms with Gasteiger partial charge in [-0.15, -0.1) is 0 Å². The van der Waals surface area contributed by atoms with Gasteiger partial charge in [0.25, 0.3) is 0 Å². The molecule has 0 fully saturated rings. The smallest absolute Gasteiger partial charge is 0.227 e. The summed E-state index contributed by atoms with van der Waals surface area (Å²) < 4.78 is 6.78. The molecular weight excluding hydrogens is 206 g/mol. The molecule has 0 saturated heterocycles. The highest BCUT2D eigenvalue weighted by Gasteiger charge is 2.02. The largest absolute Gasteiger partial charge is 0.340 e. The van der Waals surface area contributed by atoms with Crippen molar-refractivity contribution in [2.75, 3.05) is 6.54 Å². The van der Waals surface area contributed by atoms with E-state index in [9.17, 15) is 0 Å². The van der Waals surface area contributed by atoms with E-state index in [1.165, 1.54) is 12.0 Å². The summed E-state index contributed by atoms with van der Waals surface area (Å²) >= 11 is 0. The van der Waals surface area contributed by atoms with E-state index in [0.29, 0.717) is 5.89 Å². The fourth-order valence-corrected chi connectivity index (χ4v) is 1.55. The first-order valence-corrected chi connectivity index (χ1v) is 5.21. The number of hydrogen-bond acceptors (Lipinski definition) is 5. The van der Waals surface area contributed by atoms with Crippen molar-refractivity contribution in [1.82, 2.24) is 25.2 Å². The summed E-state index contributed by atoms with van der Waals surface area (Å²) in [5, 5.41) is 11.1. The molecule has 2 aromatic rings. The molecule has 0 atom stereocenters. The minimum atomic E-state index is 0.661. The molecular formula is C10H15N5O. The van der Waals surface area contributed by atoms with E-state index >= 15 is 0 Å². The van der Waals surface area contributed by atoms with E-state index in [4.69, 9.17) is 4.52 Å². The van der Waals surface area contributed by atoms with E-state index in [1.807, 2.05) is 18.7 Å². The molecule has 86 valence electrons. The molecule has 2 aromatic heterocycles. The van der Waals surface area contributed by atoms with Crippen LogP contribution in [0.3, 0.4) is 0 Å². The zero-order valence-corrected chi connectivity index (χ0v) is 9.47. The molecule has 0 radical (unpaired) electrons. The summed E-state index contributed by atoms with van der Waals surface area (Å²) in [7, 11) is 1.95. The van der Waals surface area contributed by atoms with E-state index in [1.54, 1.807) is 0 Å². The zero-order chi connectivity index (χ0) is 11.4. The van der Waals surface area contributed by atoms with E-state index in [0.717, 1.165) is 25.2 Å². The minimum absolute atomic E-state index is 0.661. The first-order valence-electron chi connectivity index (χ1n) is 5.21. The van der Waals surface area contributed by atoms with E-state index < -0.39 is 0 Å². The predicted octanol–water partition coefficient (Wildman–Crippen LogP) is 0.444. The summed E-state index contributed by atoms with van der Waals surface area (Å²) in [6.07, 6.45) is 2.16. The molecule has 0 saturated carbocycles. The number of aromatic nitrogens is 4. The monoisotopic (exact) mass is 221 g/mol. The van der Waals surface area contributed by atoms with Crippen LogP contribution < -0.4 is 5.32 Å². The van der Waals surface area contributed by atoms with Gasteiger partial charge in [0.1, 0.15) is 0 Å². The van der Waals surface area contributed by atoms with Crippen molar-refractivity contribution >= 4 is 0 Å². The lowest BCUT2D eigenvalue weighted by atomic mass is 10.3. The average molecular weight is 221 g/mol. The molecule has 6 nitrogen and oxygen atoms in total. The minimum Gasteiger partial charge on any atom is -0.340 e. The van der Waals surface area contributed by atoms with Crippen molar-refractivity contribution in [2.45, 2.75) is 19.9 Å². The number of hydrogen-bond donors (Lipinski definition) is 1. The quantitative estimate of drug-likeness (QED) is 0.742. The van der Waals surface area contributed by atoms with Crippen LogP contribution in [0.25, 0.3) is 0 Å². The van der Waals surface area contributed by atoms with Gasteiger partial charge in [-0.05, 0) is 13.0 Å². The number of aryl methyl sites for hydroxylation is 2. The molecule has 0 bridgehead atoms. The molecule has 0 spiro atoms. The summed E-state index contributed by atoms with van der Waals surface area (Å²) in [4.78, 5) is 3.95. The first-order chi connectivity index (χ1) is 7.75. The van der Waals surface area contributed by atoms with Crippen molar-refractivity contribution in [3.63, 3.8) is 0 Å². The maximum absolute atomic E-state index is 4.89. The predicted molar refractivity (Wildman–Crippen MR) is 57.7 cm³/mol. The van der Waals surface area contributed by atoms with Crippen LogP contribution >= 0.6 is 0 Å². The van der Waals surface area contributed by atoms with Crippen LogP contribution in [0.5, 0.6) is 0 Å². The molecule has 0 aliphatic heterocycles. The average Bonchev–Trinajstić information content (AvgIpc) is 2.84. The van der Waals surface area contributed by atoms with Crippen molar-refractivity contribution in [1.29, 1.82) is 0 Å². The topological polar surface area (TPSA) is 68.8 Å². The number of rotatable bonds is 5. The maximum atomic E-state index is 4.89. The molecule has 2 rings (SSSR count). The number of nitrogens with one attached hydrogen (secondary N) is 1. The first kappa shape index (κ1) is 10.8. The summed E-state index contributed by atoms with van der Waals surface area (Å²) in [6.45, 7) is 3.60. The molecule has 2 heterocycles. The van der Waals surface area contributed by atoms with Crippen molar-refractivity contribution < 1.29 is 4.52 Å². The van der Waals surface area contributed by atoms with Gasteiger partial charge >= 0.3 is 0 Å². The lowest BCUT2D eigenvalue weighted by Crippen LogP contribution is -2.18. The third-order valence-electron chi connectivity index (χ3n) is 2.33. The van der Waals surface area contributed by atoms with Gasteiger partial charge in [0.15, 0.2) is 6.33 Å². The SMILES string of the molecule is Cc1cc(CNCCc2ncno2)n(C)n1. The van der Waals surface area contributed by atoms with Gasteiger partial charge in [0.2, 0.25) is 5.89 Å². The van der Waals surface area contributed by atoms with Gasteiger partial charge in [-0.25, -0.2) is 0 Å². The Hall–Kier alpha value is -1.69. The third-order valence-corrected chi connectivity index (χ3v) is 2.33. The summed E-state index contributed by atoms with van der Waals surface area (Å²) in [6, 6.07) is 2.07. The second-order valence-corrected chi connectivity index (χ2v) is 3.66. The maximum Gasteiger partial charge on any atom is 0.227 e. The third kappa shape index (κ3) is 2.66. The normalized spacial score (nSPS) is 10.9. The molecule has 1 N–H and O–H groups in total. The van der Waals surface area contributed by atoms with Crippen LogP contribution in [-0.2, 0) is 20.0 Å². The Bertz CT molecular complexity index is 434. The molecule has 16 heavy (non-hydrogen) atoms. The molecule has 0 aliphatic rings. The van der Waals surface area contributed by atoms with Gasteiger partial charge in [0.05, 0.1) is 11.4 Å². The number of nitrogens with zero attached hydrogens (tertiary/aromatic N) is 4. The molecule has 6 heteroatoms. The Balaban J connectivity index is 1.74. The Morgan fingerprint density at radius 1 is 1.50 bits per heavy atom. The summed E-state index contributed by atoms with van der Waals surface area (Å²) in [5.41, 5.74) is 2.21. The molecule has 0 aromatic carbocycles. The summed E-state index contributed by atoms with van der Waals surface area (Å²) in [5.74, 6) is 0.661. The Labute approximate surface area is 93.7 Å². The van der Waals surface area contributed by atoms with Crippen LogP contribution in [0.1, 0.15) is 17.3 Å². The Morgan fingerprint density at radius 2 is 2.38 bits per heavy atom. The lowest BCUT2D eigenvalue weighted by molar-refractivity contribution is 0.374.